The first-order chi connectivity index (χ1) is 6.96. The van der Waals surface area contributed by atoms with Gasteiger partial charge in [-0.15, -0.1) is 0 Å². The summed E-state index contributed by atoms with van der Waals surface area (Å²) in [5, 5.41) is 10.1. The zero-order valence-electron chi connectivity index (χ0n) is 8.19. The minimum atomic E-state index is -3.05. The van der Waals surface area contributed by atoms with Gasteiger partial charge in [-0.2, -0.15) is 0 Å². The summed E-state index contributed by atoms with van der Waals surface area (Å²) in [6, 6.07) is 4.84. The average Bonchev–Trinajstić information content (AvgIpc) is 2.46. The molecule has 5 heteroatoms. The summed E-state index contributed by atoms with van der Waals surface area (Å²) in [6.45, 7) is 0. The van der Waals surface area contributed by atoms with E-state index in [0.717, 1.165) is 10.9 Å². The van der Waals surface area contributed by atoms with E-state index in [1.54, 1.807) is 24.4 Å². The molecule has 0 aliphatic rings. The molecule has 0 bridgehead atoms. The first-order valence-corrected chi connectivity index (χ1v) is 6.48. The summed E-state index contributed by atoms with van der Waals surface area (Å²) in [7, 11) is -3.05. The Bertz CT molecular complexity index is 598. The predicted molar refractivity (Wildman–Crippen MR) is 58.5 cm³/mol. The van der Waals surface area contributed by atoms with Crippen LogP contribution in [0.5, 0.6) is 5.75 Å². The molecule has 2 N–H and O–H groups in total. The zero-order chi connectivity index (χ0) is 11.1. The number of nitrogens with one attached hydrogen (secondary N) is 1. The van der Waals surface area contributed by atoms with Gasteiger partial charge in [-0.1, -0.05) is 0 Å². The number of phenolic OH excluding ortho intramolecular Hbond substituents is 1. The van der Waals surface area contributed by atoms with Crippen molar-refractivity contribution in [2.24, 2.45) is 0 Å². The fraction of sp³-hybridized carbons (Fsp3) is 0.200. The Labute approximate surface area is 87.5 Å². The number of rotatable bonds is 2. The minimum Gasteiger partial charge on any atom is -0.508 e. The van der Waals surface area contributed by atoms with Gasteiger partial charge in [0.05, 0.1) is 5.75 Å². The number of H-pyrrole nitrogens is 1. The van der Waals surface area contributed by atoms with Crippen LogP contribution in [0.25, 0.3) is 10.9 Å². The Morgan fingerprint density at radius 2 is 2.13 bits per heavy atom. The van der Waals surface area contributed by atoms with Crippen LogP contribution in [0.2, 0.25) is 0 Å². The second kappa shape index (κ2) is 3.27. The maximum atomic E-state index is 11.2. The predicted octanol–water partition coefficient (Wildman–Crippen LogP) is 1.42. The van der Waals surface area contributed by atoms with Gasteiger partial charge in [0.1, 0.15) is 5.75 Å². The first-order valence-electron chi connectivity index (χ1n) is 4.42. The summed E-state index contributed by atoms with van der Waals surface area (Å²) in [5.74, 6) is 0.119. The van der Waals surface area contributed by atoms with Crippen molar-refractivity contribution >= 4 is 20.7 Å². The summed E-state index contributed by atoms with van der Waals surface area (Å²) in [5.41, 5.74) is 1.51. The summed E-state index contributed by atoms with van der Waals surface area (Å²) < 4.78 is 22.3. The van der Waals surface area contributed by atoms with E-state index in [2.05, 4.69) is 4.98 Å². The Kier molecular flexibility index (Phi) is 2.19. The molecule has 1 heterocycles. The highest BCUT2D eigenvalue weighted by molar-refractivity contribution is 7.89. The van der Waals surface area contributed by atoms with Gasteiger partial charge in [0.15, 0.2) is 9.84 Å². The van der Waals surface area contributed by atoms with Crippen LogP contribution >= 0.6 is 0 Å². The van der Waals surface area contributed by atoms with Gasteiger partial charge in [-0.25, -0.2) is 8.42 Å². The molecule has 80 valence electrons. The van der Waals surface area contributed by atoms with Crippen molar-refractivity contribution in [1.82, 2.24) is 4.98 Å². The molecule has 0 radical (unpaired) electrons. The van der Waals surface area contributed by atoms with Crippen molar-refractivity contribution in [2.75, 3.05) is 6.26 Å². The van der Waals surface area contributed by atoms with Crippen molar-refractivity contribution in [3.63, 3.8) is 0 Å². The van der Waals surface area contributed by atoms with E-state index in [9.17, 15) is 13.5 Å². The Balaban J connectivity index is 2.57. The number of hydrogen-bond donors (Lipinski definition) is 2. The molecule has 15 heavy (non-hydrogen) atoms. The van der Waals surface area contributed by atoms with Crippen LogP contribution in [-0.2, 0) is 15.6 Å². The monoisotopic (exact) mass is 225 g/mol. The highest BCUT2D eigenvalue weighted by Gasteiger charge is 2.10. The van der Waals surface area contributed by atoms with Crippen LogP contribution in [0.3, 0.4) is 0 Å². The maximum Gasteiger partial charge on any atom is 0.151 e. The normalized spacial score (nSPS) is 12.1. The van der Waals surface area contributed by atoms with Crippen molar-refractivity contribution in [2.45, 2.75) is 5.75 Å². The molecular weight excluding hydrogens is 214 g/mol. The third kappa shape index (κ3) is 2.12. The number of aromatic nitrogens is 1. The second-order valence-electron chi connectivity index (χ2n) is 3.61. The van der Waals surface area contributed by atoms with Gasteiger partial charge in [0, 0.05) is 23.4 Å². The van der Waals surface area contributed by atoms with Crippen molar-refractivity contribution < 1.29 is 13.5 Å². The van der Waals surface area contributed by atoms with Crippen LogP contribution in [0.15, 0.2) is 24.4 Å². The molecule has 2 rings (SSSR count). The van der Waals surface area contributed by atoms with E-state index in [-0.39, 0.29) is 11.5 Å². The molecule has 0 amide bonds. The van der Waals surface area contributed by atoms with Gasteiger partial charge in [-0.05, 0) is 23.8 Å². The largest absolute Gasteiger partial charge is 0.508 e. The second-order valence-corrected chi connectivity index (χ2v) is 5.75. The van der Waals surface area contributed by atoms with Crippen LogP contribution in [0.4, 0.5) is 0 Å². The number of fused-ring (bicyclic) bond motifs is 1. The molecule has 0 fully saturated rings. The van der Waals surface area contributed by atoms with Gasteiger partial charge < -0.3 is 10.1 Å². The molecule has 0 atom stereocenters. The molecule has 4 nitrogen and oxygen atoms in total. The number of aromatic amines is 1. The highest BCUT2D eigenvalue weighted by Crippen LogP contribution is 2.23. The molecule has 0 aliphatic carbocycles. The molecule has 0 saturated carbocycles. The van der Waals surface area contributed by atoms with Crippen LogP contribution in [0.1, 0.15) is 5.56 Å². The smallest absolute Gasteiger partial charge is 0.151 e. The van der Waals surface area contributed by atoms with E-state index in [0.29, 0.717) is 5.56 Å². The Morgan fingerprint density at radius 1 is 1.40 bits per heavy atom. The van der Waals surface area contributed by atoms with E-state index in [1.807, 2.05) is 0 Å². The van der Waals surface area contributed by atoms with Crippen molar-refractivity contribution in [1.29, 1.82) is 0 Å². The van der Waals surface area contributed by atoms with E-state index >= 15 is 0 Å². The number of hydrogen-bond acceptors (Lipinski definition) is 3. The SMILES string of the molecule is CS(=O)(=O)Cc1c[nH]c2ccc(O)cc12. The molecule has 0 aliphatic heterocycles. The van der Waals surface area contributed by atoms with Gasteiger partial charge in [-0.3, -0.25) is 0 Å². The Hall–Kier alpha value is -1.49. The lowest BCUT2D eigenvalue weighted by atomic mass is 10.2. The fourth-order valence-electron chi connectivity index (χ4n) is 1.57. The number of benzene rings is 1. The first kappa shape index (κ1) is 10.0. The standard InChI is InChI=1S/C10H11NO3S/c1-15(13,14)6-7-5-11-10-3-2-8(12)4-9(7)10/h2-5,11-12H,6H2,1H3. The number of phenols is 1. The molecule has 0 spiro atoms. The van der Waals surface area contributed by atoms with Gasteiger partial charge >= 0.3 is 0 Å². The zero-order valence-corrected chi connectivity index (χ0v) is 9.00. The Morgan fingerprint density at radius 3 is 2.80 bits per heavy atom. The molecule has 0 unspecified atom stereocenters. The number of sulfone groups is 1. The van der Waals surface area contributed by atoms with Crippen LogP contribution in [0, 0.1) is 0 Å². The molecule has 1 aromatic carbocycles. The molecular formula is C10H11NO3S. The molecule has 2 aromatic rings. The molecule has 0 saturated heterocycles. The topological polar surface area (TPSA) is 70.2 Å². The lowest BCUT2D eigenvalue weighted by Crippen LogP contribution is -1.99. The summed E-state index contributed by atoms with van der Waals surface area (Å²) in [6.07, 6.45) is 2.85. The number of aromatic hydroxyl groups is 1. The van der Waals surface area contributed by atoms with Gasteiger partial charge in [0.2, 0.25) is 0 Å². The highest BCUT2D eigenvalue weighted by atomic mass is 32.2. The third-order valence-electron chi connectivity index (χ3n) is 2.17. The molecule has 1 aromatic heterocycles. The van der Waals surface area contributed by atoms with E-state index in [4.69, 9.17) is 0 Å². The lowest BCUT2D eigenvalue weighted by Gasteiger charge is -1.97. The maximum absolute atomic E-state index is 11.2. The average molecular weight is 225 g/mol. The van der Waals surface area contributed by atoms with Crippen molar-refractivity contribution in [3.8, 4) is 5.75 Å². The van der Waals surface area contributed by atoms with Crippen LogP contribution < -0.4 is 0 Å². The van der Waals surface area contributed by atoms with Crippen LogP contribution in [-0.4, -0.2) is 24.8 Å². The minimum absolute atomic E-state index is 0.0174. The van der Waals surface area contributed by atoms with Crippen molar-refractivity contribution in [3.05, 3.63) is 30.0 Å². The van der Waals surface area contributed by atoms with E-state index < -0.39 is 9.84 Å². The quantitative estimate of drug-likeness (QED) is 0.812. The summed E-state index contributed by atoms with van der Waals surface area (Å²) >= 11 is 0. The lowest BCUT2D eigenvalue weighted by molar-refractivity contribution is 0.476. The third-order valence-corrected chi connectivity index (χ3v) is 3.00. The fourth-order valence-corrected chi connectivity index (χ4v) is 2.37. The van der Waals surface area contributed by atoms with Gasteiger partial charge in [0.25, 0.3) is 0 Å². The summed E-state index contributed by atoms with van der Waals surface area (Å²) in [4.78, 5) is 2.96. The van der Waals surface area contributed by atoms with E-state index in [1.165, 1.54) is 6.26 Å².